The normalized spacial score (nSPS) is 14.9. The number of piperazine rings is 1. The van der Waals surface area contributed by atoms with Crippen molar-refractivity contribution in [1.29, 1.82) is 0 Å². The number of benzene rings is 3. The molecule has 0 radical (unpaired) electrons. The first kappa shape index (κ1) is 22.5. The number of hydrogen-bond acceptors (Lipinski definition) is 4. The molecule has 0 spiro atoms. The molecule has 1 aromatic heterocycles. The number of pyridine rings is 1. The largest absolute Gasteiger partial charge is 0.336 e. The van der Waals surface area contributed by atoms with Crippen LogP contribution < -0.4 is 0 Å². The number of halogens is 1. The van der Waals surface area contributed by atoms with Crippen LogP contribution in [0.3, 0.4) is 0 Å². The molecule has 1 saturated heterocycles. The maximum absolute atomic E-state index is 13.2. The van der Waals surface area contributed by atoms with Gasteiger partial charge in [0.05, 0.1) is 10.6 Å². The Morgan fingerprint density at radius 3 is 2.24 bits per heavy atom. The molecule has 1 aliphatic rings. The van der Waals surface area contributed by atoms with Crippen molar-refractivity contribution in [2.75, 3.05) is 26.2 Å². The molecule has 34 heavy (non-hydrogen) atoms. The monoisotopic (exact) mass is 491 g/mol. The van der Waals surface area contributed by atoms with Crippen molar-refractivity contribution in [3.63, 3.8) is 0 Å². The second kappa shape index (κ2) is 9.18. The maximum atomic E-state index is 13.2. The van der Waals surface area contributed by atoms with Crippen molar-refractivity contribution in [1.82, 2.24) is 14.2 Å². The topological polar surface area (TPSA) is 70.6 Å². The van der Waals surface area contributed by atoms with Crippen LogP contribution in [-0.4, -0.2) is 54.7 Å². The van der Waals surface area contributed by atoms with E-state index in [1.165, 1.54) is 4.31 Å². The third kappa shape index (κ3) is 4.42. The van der Waals surface area contributed by atoms with Gasteiger partial charge in [-0.3, -0.25) is 9.78 Å². The van der Waals surface area contributed by atoms with Crippen LogP contribution in [0.15, 0.2) is 90.0 Å². The Kier molecular flexibility index (Phi) is 6.08. The Hall–Kier alpha value is -3.26. The van der Waals surface area contributed by atoms with Crippen molar-refractivity contribution >= 4 is 38.3 Å². The molecule has 5 rings (SSSR count). The zero-order valence-electron chi connectivity index (χ0n) is 18.3. The fourth-order valence-corrected chi connectivity index (χ4v) is 5.77. The lowest BCUT2D eigenvalue weighted by Gasteiger charge is -2.34. The van der Waals surface area contributed by atoms with Crippen LogP contribution in [0.2, 0.25) is 5.02 Å². The predicted octanol–water partition coefficient (Wildman–Crippen LogP) is 4.70. The molecule has 3 aromatic carbocycles. The van der Waals surface area contributed by atoms with Gasteiger partial charge in [0.1, 0.15) is 0 Å². The molecule has 8 heteroatoms. The predicted molar refractivity (Wildman–Crippen MR) is 133 cm³/mol. The second-order valence-corrected chi connectivity index (χ2v) is 10.5. The van der Waals surface area contributed by atoms with Crippen LogP contribution in [-0.2, 0) is 10.0 Å². The average Bonchev–Trinajstić information content (AvgIpc) is 2.88. The first-order valence-electron chi connectivity index (χ1n) is 10.9. The second-order valence-electron chi connectivity index (χ2n) is 8.14. The van der Waals surface area contributed by atoms with Crippen LogP contribution in [0.4, 0.5) is 0 Å². The fourth-order valence-electron chi connectivity index (χ4n) is 4.14. The van der Waals surface area contributed by atoms with Crippen molar-refractivity contribution < 1.29 is 13.2 Å². The minimum absolute atomic E-state index is 0.104. The summed E-state index contributed by atoms with van der Waals surface area (Å²) in [6.45, 7) is 1.17. The highest BCUT2D eigenvalue weighted by molar-refractivity contribution is 7.89. The van der Waals surface area contributed by atoms with Crippen molar-refractivity contribution in [2.45, 2.75) is 4.90 Å². The van der Waals surface area contributed by atoms with Gasteiger partial charge in [-0.2, -0.15) is 4.31 Å². The average molecular weight is 492 g/mol. The fraction of sp³-hybridized carbons (Fsp3) is 0.154. The molecule has 0 saturated carbocycles. The summed E-state index contributed by atoms with van der Waals surface area (Å²) in [5.41, 5.74) is 2.35. The molecule has 1 fully saturated rings. The molecule has 0 unspecified atom stereocenters. The van der Waals surface area contributed by atoms with Gasteiger partial charge >= 0.3 is 0 Å². The van der Waals surface area contributed by atoms with E-state index in [1.54, 1.807) is 53.6 Å². The Morgan fingerprint density at radius 2 is 1.53 bits per heavy atom. The van der Waals surface area contributed by atoms with Gasteiger partial charge in [-0.15, -0.1) is 0 Å². The molecule has 172 valence electrons. The lowest BCUT2D eigenvalue weighted by atomic mass is 10.1. The van der Waals surface area contributed by atoms with Gasteiger partial charge in [-0.1, -0.05) is 41.9 Å². The molecule has 4 aromatic rings. The highest BCUT2D eigenvalue weighted by Crippen LogP contribution is 2.25. The van der Waals surface area contributed by atoms with Gasteiger partial charge in [0, 0.05) is 48.5 Å². The SMILES string of the molecule is O=C(c1ccc(-c2ccccn2)cc1)N1CCN(S(=O)(=O)c2ccc3cc(Cl)ccc3c2)CC1. The summed E-state index contributed by atoms with van der Waals surface area (Å²) in [4.78, 5) is 19.2. The van der Waals surface area contributed by atoms with E-state index in [-0.39, 0.29) is 23.9 Å². The van der Waals surface area contributed by atoms with Crippen molar-refractivity contribution in [3.05, 3.63) is 95.6 Å². The summed E-state index contributed by atoms with van der Waals surface area (Å²) in [5, 5.41) is 2.31. The van der Waals surface area contributed by atoms with E-state index in [0.717, 1.165) is 22.0 Å². The van der Waals surface area contributed by atoms with Gasteiger partial charge in [0.15, 0.2) is 0 Å². The van der Waals surface area contributed by atoms with Crippen LogP contribution in [0.25, 0.3) is 22.0 Å². The van der Waals surface area contributed by atoms with Crippen molar-refractivity contribution in [2.24, 2.45) is 0 Å². The van der Waals surface area contributed by atoms with E-state index in [9.17, 15) is 13.2 Å². The smallest absolute Gasteiger partial charge is 0.253 e. The van der Waals surface area contributed by atoms with Crippen LogP contribution >= 0.6 is 11.6 Å². The molecule has 2 heterocycles. The number of carbonyl (C=O) groups is 1. The zero-order chi connectivity index (χ0) is 23.7. The van der Waals surface area contributed by atoms with Gasteiger partial charge in [0.25, 0.3) is 5.91 Å². The summed E-state index contributed by atoms with van der Waals surface area (Å²) in [5.74, 6) is -0.104. The Morgan fingerprint density at radius 1 is 0.824 bits per heavy atom. The lowest BCUT2D eigenvalue weighted by Crippen LogP contribution is -2.50. The zero-order valence-corrected chi connectivity index (χ0v) is 19.8. The minimum atomic E-state index is -3.66. The van der Waals surface area contributed by atoms with Crippen molar-refractivity contribution in [3.8, 4) is 11.3 Å². The number of aromatic nitrogens is 1. The minimum Gasteiger partial charge on any atom is -0.336 e. The van der Waals surface area contributed by atoms with Crippen LogP contribution in [0, 0.1) is 0 Å². The maximum Gasteiger partial charge on any atom is 0.253 e. The van der Waals surface area contributed by atoms with Crippen LogP contribution in [0.1, 0.15) is 10.4 Å². The van der Waals surface area contributed by atoms with Gasteiger partial charge < -0.3 is 4.90 Å². The molecular formula is C26H22ClN3O3S. The van der Waals surface area contributed by atoms with E-state index in [1.807, 2.05) is 36.4 Å². The number of fused-ring (bicyclic) bond motifs is 1. The number of carbonyl (C=O) groups excluding carboxylic acids is 1. The van der Waals surface area contributed by atoms with Gasteiger partial charge in [0.2, 0.25) is 10.0 Å². The summed E-state index contributed by atoms with van der Waals surface area (Å²) < 4.78 is 27.9. The summed E-state index contributed by atoms with van der Waals surface area (Å²) in [7, 11) is -3.66. The molecule has 1 aliphatic heterocycles. The number of rotatable bonds is 4. The third-order valence-corrected chi connectivity index (χ3v) is 8.16. The Labute approximate surface area is 203 Å². The van der Waals surface area contributed by atoms with E-state index in [4.69, 9.17) is 11.6 Å². The van der Waals surface area contributed by atoms with E-state index in [0.29, 0.717) is 23.7 Å². The molecule has 0 aliphatic carbocycles. The van der Waals surface area contributed by atoms with E-state index in [2.05, 4.69) is 4.98 Å². The number of hydrogen-bond donors (Lipinski definition) is 0. The molecule has 0 bridgehead atoms. The molecular weight excluding hydrogens is 470 g/mol. The summed E-state index contributed by atoms with van der Waals surface area (Å²) in [6, 6.07) is 23.4. The first-order chi connectivity index (χ1) is 16.4. The molecule has 6 nitrogen and oxygen atoms in total. The molecule has 1 amide bonds. The molecule has 0 N–H and O–H groups in total. The third-order valence-electron chi connectivity index (χ3n) is 6.03. The highest BCUT2D eigenvalue weighted by atomic mass is 35.5. The summed E-state index contributed by atoms with van der Waals surface area (Å²) in [6.07, 6.45) is 1.73. The first-order valence-corrected chi connectivity index (χ1v) is 12.7. The Bertz CT molecular complexity index is 1450. The van der Waals surface area contributed by atoms with Crippen LogP contribution in [0.5, 0.6) is 0 Å². The number of sulfonamides is 1. The lowest BCUT2D eigenvalue weighted by molar-refractivity contribution is 0.0698. The molecule has 0 atom stereocenters. The van der Waals surface area contributed by atoms with Gasteiger partial charge in [-0.25, -0.2) is 8.42 Å². The Balaban J connectivity index is 1.27. The number of nitrogens with zero attached hydrogens (tertiary/aromatic N) is 3. The highest BCUT2D eigenvalue weighted by Gasteiger charge is 2.30. The van der Waals surface area contributed by atoms with E-state index < -0.39 is 10.0 Å². The standard InChI is InChI=1S/C26H22ClN3O3S/c27-23-10-8-22-18-24(11-9-21(22)17-23)34(32,33)30-15-13-29(14-16-30)26(31)20-6-4-19(5-7-20)25-3-1-2-12-28-25/h1-12,17-18H,13-16H2. The summed E-state index contributed by atoms with van der Waals surface area (Å²) >= 11 is 6.03. The quantitative estimate of drug-likeness (QED) is 0.415. The number of amides is 1. The van der Waals surface area contributed by atoms with E-state index >= 15 is 0 Å². The van der Waals surface area contributed by atoms with Gasteiger partial charge in [-0.05, 0) is 59.3 Å².